The fourth-order valence-electron chi connectivity index (χ4n) is 2.32. The summed E-state index contributed by atoms with van der Waals surface area (Å²) < 4.78 is 18.6. The SMILES string of the molecule is CCNC(Cc1ccc(Cl)c(F)c1)CC(C)COC. The summed E-state index contributed by atoms with van der Waals surface area (Å²) in [5, 5.41) is 3.62. The van der Waals surface area contributed by atoms with E-state index in [1.807, 2.05) is 6.07 Å². The van der Waals surface area contributed by atoms with Crippen LogP contribution in [0.5, 0.6) is 0 Å². The minimum Gasteiger partial charge on any atom is -0.384 e. The average Bonchev–Trinajstić information content (AvgIpc) is 2.34. The van der Waals surface area contributed by atoms with Crippen LogP contribution in [0.4, 0.5) is 4.39 Å². The minimum absolute atomic E-state index is 0.177. The molecule has 0 saturated heterocycles. The largest absolute Gasteiger partial charge is 0.384 e. The van der Waals surface area contributed by atoms with E-state index < -0.39 is 0 Å². The second-order valence-electron chi connectivity index (χ2n) is 5.00. The van der Waals surface area contributed by atoms with Gasteiger partial charge in [0.1, 0.15) is 5.82 Å². The van der Waals surface area contributed by atoms with E-state index >= 15 is 0 Å². The van der Waals surface area contributed by atoms with E-state index in [0.717, 1.165) is 31.6 Å². The molecule has 19 heavy (non-hydrogen) atoms. The molecule has 0 fully saturated rings. The molecule has 2 atom stereocenters. The van der Waals surface area contributed by atoms with E-state index in [2.05, 4.69) is 19.2 Å². The summed E-state index contributed by atoms with van der Waals surface area (Å²) in [4.78, 5) is 0. The molecule has 0 aliphatic rings. The van der Waals surface area contributed by atoms with Gasteiger partial charge in [0.05, 0.1) is 5.02 Å². The Labute approximate surface area is 120 Å². The Bertz CT molecular complexity index is 386. The third-order valence-electron chi connectivity index (χ3n) is 3.10. The number of ether oxygens (including phenoxy) is 1. The molecular weight excluding hydrogens is 265 g/mol. The molecule has 1 aromatic rings. The lowest BCUT2D eigenvalue weighted by atomic mass is 9.96. The zero-order chi connectivity index (χ0) is 14.3. The first-order chi connectivity index (χ1) is 9.06. The van der Waals surface area contributed by atoms with Crippen LogP contribution in [-0.2, 0) is 11.2 Å². The van der Waals surface area contributed by atoms with Crippen LogP contribution in [0.25, 0.3) is 0 Å². The van der Waals surface area contributed by atoms with Crippen LogP contribution in [-0.4, -0.2) is 26.3 Å². The Morgan fingerprint density at radius 1 is 1.42 bits per heavy atom. The number of hydrogen-bond donors (Lipinski definition) is 1. The van der Waals surface area contributed by atoms with Gasteiger partial charge in [-0.2, -0.15) is 0 Å². The normalized spacial score (nSPS) is 14.4. The number of likely N-dealkylation sites (N-methyl/N-ethyl adjacent to an activating group) is 1. The van der Waals surface area contributed by atoms with E-state index in [9.17, 15) is 4.39 Å². The van der Waals surface area contributed by atoms with E-state index in [1.165, 1.54) is 6.07 Å². The molecule has 0 aliphatic carbocycles. The number of methoxy groups -OCH3 is 1. The molecule has 1 N–H and O–H groups in total. The van der Waals surface area contributed by atoms with Crippen LogP contribution in [0, 0.1) is 11.7 Å². The molecule has 0 heterocycles. The summed E-state index contributed by atoms with van der Waals surface area (Å²) in [6.45, 7) is 5.89. The third kappa shape index (κ3) is 5.89. The molecule has 108 valence electrons. The van der Waals surface area contributed by atoms with Crippen LogP contribution in [0.15, 0.2) is 18.2 Å². The summed E-state index contributed by atoms with van der Waals surface area (Å²) in [5.41, 5.74) is 0.970. The molecule has 0 bridgehead atoms. The molecular formula is C15H23ClFNO. The van der Waals surface area contributed by atoms with Crippen molar-refractivity contribution in [3.8, 4) is 0 Å². The van der Waals surface area contributed by atoms with Gasteiger partial charge in [0, 0.05) is 19.8 Å². The summed E-state index contributed by atoms with van der Waals surface area (Å²) in [7, 11) is 1.72. The highest BCUT2D eigenvalue weighted by Gasteiger charge is 2.14. The van der Waals surface area contributed by atoms with Gasteiger partial charge in [-0.25, -0.2) is 4.39 Å². The van der Waals surface area contributed by atoms with Crippen LogP contribution in [0.3, 0.4) is 0 Å². The van der Waals surface area contributed by atoms with Gasteiger partial charge in [0.25, 0.3) is 0 Å². The van der Waals surface area contributed by atoms with E-state index in [0.29, 0.717) is 12.0 Å². The maximum Gasteiger partial charge on any atom is 0.142 e. The second-order valence-corrected chi connectivity index (χ2v) is 5.41. The number of nitrogens with one attached hydrogen (secondary N) is 1. The lowest BCUT2D eigenvalue weighted by Crippen LogP contribution is -2.33. The van der Waals surface area contributed by atoms with Crippen molar-refractivity contribution in [2.45, 2.75) is 32.7 Å². The predicted molar refractivity (Wildman–Crippen MR) is 78.2 cm³/mol. The number of benzene rings is 1. The van der Waals surface area contributed by atoms with Crippen molar-refractivity contribution in [2.24, 2.45) is 5.92 Å². The van der Waals surface area contributed by atoms with E-state index in [1.54, 1.807) is 13.2 Å². The third-order valence-corrected chi connectivity index (χ3v) is 3.40. The van der Waals surface area contributed by atoms with Gasteiger partial charge in [0.15, 0.2) is 0 Å². The molecule has 1 rings (SSSR count). The van der Waals surface area contributed by atoms with Gasteiger partial charge < -0.3 is 10.1 Å². The van der Waals surface area contributed by atoms with Crippen molar-refractivity contribution in [3.63, 3.8) is 0 Å². The van der Waals surface area contributed by atoms with Gasteiger partial charge in [-0.3, -0.25) is 0 Å². The van der Waals surface area contributed by atoms with Crippen molar-refractivity contribution in [1.29, 1.82) is 0 Å². The highest BCUT2D eigenvalue weighted by molar-refractivity contribution is 6.30. The summed E-state index contributed by atoms with van der Waals surface area (Å²) in [6.07, 6.45) is 1.81. The second kappa shape index (κ2) is 8.51. The first-order valence-electron chi connectivity index (χ1n) is 6.73. The van der Waals surface area contributed by atoms with Gasteiger partial charge in [-0.1, -0.05) is 31.5 Å². The summed E-state index contributed by atoms with van der Waals surface area (Å²) in [6, 6.07) is 5.36. The van der Waals surface area contributed by atoms with Crippen molar-refractivity contribution < 1.29 is 9.13 Å². The molecule has 0 spiro atoms. The number of rotatable bonds is 8. The van der Waals surface area contributed by atoms with Crippen molar-refractivity contribution in [2.75, 3.05) is 20.3 Å². The Balaban J connectivity index is 2.63. The van der Waals surface area contributed by atoms with Gasteiger partial charge in [-0.05, 0) is 43.0 Å². The first-order valence-corrected chi connectivity index (χ1v) is 7.10. The minimum atomic E-state index is -0.348. The van der Waals surface area contributed by atoms with Crippen molar-refractivity contribution in [1.82, 2.24) is 5.32 Å². The Morgan fingerprint density at radius 2 is 2.16 bits per heavy atom. The smallest absolute Gasteiger partial charge is 0.142 e. The zero-order valence-corrected chi connectivity index (χ0v) is 12.6. The number of halogens is 2. The Morgan fingerprint density at radius 3 is 2.74 bits per heavy atom. The van der Waals surface area contributed by atoms with E-state index in [4.69, 9.17) is 16.3 Å². The molecule has 1 aromatic carbocycles. The molecule has 2 nitrogen and oxygen atoms in total. The quantitative estimate of drug-likeness (QED) is 0.788. The van der Waals surface area contributed by atoms with Gasteiger partial charge >= 0.3 is 0 Å². The number of hydrogen-bond acceptors (Lipinski definition) is 2. The monoisotopic (exact) mass is 287 g/mol. The first kappa shape index (κ1) is 16.4. The molecule has 4 heteroatoms. The average molecular weight is 288 g/mol. The highest BCUT2D eigenvalue weighted by atomic mass is 35.5. The van der Waals surface area contributed by atoms with Gasteiger partial charge in [-0.15, -0.1) is 0 Å². The van der Waals surface area contributed by atoms with Crippen molar-refractivity contribution in [3.05, 3.63) is 34.6 Å². The zero-order valence-electron chi connectivity index (χ0n) is 11.9. The van der Waals surface area contributed by atoms with Crippen LogP contribution in [0.1, 0.15) is 25.8 Å². The summed E-state index contributed by atoms with van der Waals surface area (Å²) in [5.74, 6) is 0.130. The van der Waals surface area contributed by atoms with E-state index in [-0.39, 0.29) is 10.8 Å². The standard InChI is InChI=1S/C15H23ClFNO/c1-4-18-13(7-11(2)10-19-3)8-12-5-6-14(16)15(17)9-12/h5-6,9,11,13,18H,4,7-8,10H2,1-3H3. The fraction of sp³-hybridized carbons (Fsp3) is 0.600. The lowest BCUT2D eigenvalue weighted by molar-refractivity contribution is 0.149. The molecule has 0 saturated carbocycles. The fourth-order valence-corrected chi connectivity index (χ4v) is 2.43. The molecule has 0 aliphatic heterocycles. The van der Waals surface area contributed by atoms with Crippen LogP contribution >= 0.6 is 11.6 Å². The topological polar surface area (TPSA) is 21.3 Å². The summed E-state index contributed by atoms with van der Waals surface area (Å²) >= 11 is 5.70. The lowest BCUT2D eigenvalue weighted by Gasteiger charge is -2.21. The molecule has 0 radical (unpaired) electrons. The molecule has 0 aromatic heterocycles. The van der Waals surface area contributed by atoms with Crippen LogP contribution in [0.2, 0.25) is 5.02 Å². The highest BCUT2D eigenvalue weighted by Crippen LogP contribution is 2.18. The predicted octanol–water partition coefficient (Wildman–Crippen LogP) is 3.67. The maximum atomic E-state index is 13.4. The molecule has 0 amide bonds. The Hall–Kier alpha value is -0.640. The van der Waals surface area contributed by atoms with Crippen LogP contribution < -0.4 is 5.32 Å². The molecule has 2 unspecified atom stereocenters. The van der Waals surface area contributed by atoms with Gasteiger partial charge in [0.2, 0.25) is 0 Å². The maximum absolute atomic E-state index is 13.4. The van der Waals surface area contributed by atoms with Crippen molar-refractivity contribution >= 4 is 11.6 Å². The Kier molecular flexibility index (Phi) is 7.36.